The average molecular weight is 283 g/mol. The Morgan fingerprint density at radius 1 is 1.47 bits per heavy atom. The number of esters is 1. The number of aryl methyl sites for hydroxylation is 1. The molecule has 0 fully saturated rings. The van der Waals surface area contributed by atoms with Crippen LogP contribution >= 0.6 is 11.6 Å². The summed E-state index contributed by atoms with van der Waals surface area (Å²) in [5.41, 5.74) is 2.69. The summed E-state index contributed by atoms with van der Waals surface area (Å²) in [6.07, 6.45) is 3.29. The molecule has 0 saturated heterocycles. The maximum absolute atomic E-state index is 11.0. The van der Waals surface area contributed by atoms with Crippen molar-refractivity contribution in [3.8, 4) is 0 Å². The fourth-order valence-electron chi connectivity index (χ4n) is 1.59. The van der Waals surface area contributed by atoms with Crippen LogP contribution in [0.3, 0.4) is 0 Å². The maximum Gasteiger partial charge on any atom is 0.333 e. The minimum absolute atomic E-state index is 0.285. The van der Waals surface area contributed by atoms with E-state index in [0.29, 0.717) is 18.2 Å². The highest BCUT2D eigenvalue weighted by Gasteiger charge is 2.16. The summed E-state index contributed by atoms with van der Waals surface area (Å²) in [4.78, 5) is 17.1. The van der Waals surface area contributed by atoms with Gasteiger partial charge in [-0.25, -0.2) is 4.79 Å². The molecule has 0 aromatic carbocycles. The number of ether oxygens (including phenoxy) is 1. The van der Waals surface area contributed by atoms with Gasteiger partial charge in [-0.15, -0.1) is 0 Å². The summed E-state index contributed by atoms with van der Waals surface area (Å²) >= 11 is 6.01. The first-order chi connectivity index (χ1) is 9.06. The largest absolute Gasteiger partial charge is 0.456 e. The Labute approximate surface area is 119 Å². The molecule has 0 saturated carbocycles. The van der Waals surface area contributed by atoms with Gasteiger partial charge in [-0.05, 0) is 18.6 Å². The van der Waals surface area contributed by atoms with Crippen LogP contribution in [0.2, 0.25) is 5.02 Å². The predicted octanol–water partition coefficient (Wildman–Crippen LogP) is 2.94. The number of carbonyl (C=O) groups is 1. The summed E-state index contributed by atoms with van der Waals surface area (Å²) in [5, 5.41) is 0.656. The predicted molar refractivity (Wildman–Crippen MR) is 75.8 cm³/mol. The molecule has 1 aromatic heterocycles. The van der Waals surface area contributed by atoms with Crippen LogP contribution in [0.5, 0.6) is 0 Å². The molecule has 2 heterocycles. The van der Waals surface area contributed by atoms with Crippen molar-refractivity contribution in [2.24, 2.45) is 0 Å². The van der Waals surface area contributed by atoms with Crippen LogP contribution in [-0.4, -0.2) is 29.5 Å². The lowest BCUT2D eigenvalue weighted by molar-refractivity contribution is -0.135. The molecule has 0 amide bonds. The van der Waals surface area contributed by atoms with E-state index in [1.807, 2.05) is 38.8 Å². The lowest BCUT2D eigenvalue weighted by Crippen LogP contribution is -2.18. The van der Waals surface area contributed by atoms with Crippen LogP contribution in [0.4, 0.5) is 0 Å². The second kappa shape index (κ2) is 7.14. The Kier molecular flexibility index (Phi) is 5.83. The summed E-state index contributed by atoms with van der Waals surface area (Å²) in [5.74, 6) is -0.285. The van der Waals surface area contributed by atoms with Crippen molar-refractivity contribution in [2.45, 2.75) is 27.3 Å². The number of rotatable bonds is 3. The number of halogens is 1. The Morgan fingerprint density at radius 2 is 2.16 bits per heavy atom. The Balaban J connectivity index is 0.000000861. The van der Waals surface area contributed by atoms with E-state index in [1.165, 1.54) is 6.08 Å². The van der Waals surface area contributed by atoms with E-state index < -0.39 is 0 Å². The van der Waals surface area contributed by atoms with Gasteiger partial charge in [0.05, 0.1) is 16.4 Å². The van der Waals surface area contributed by atoms with Crippen molar-refractivity contribution in [1.29, 1.82) is 0 Å². The van der Waals surface area contributed by atoms with Gasteiger partial charge < -0.3 is 9.64 Å². The van der Waals surface area contributed by atoms with Gasteiger partial charge in [0.15, 0.2) is 0 Å². The molecule has 0 bridgehead atoms. The molecule has 4 nitrogen and oxygen atoms in total. The Bertz CT molecular complexity index is 486. The second-order valence-corrected chi connectivity index (χ2v) is 4.42. The van der Waals surface area contributed by atoms with Gasteiger partial charge in [-0.3, -0.25) is 4.98 Å². The number of pyridine rings is 1. The first-order valence-electron chi connectivity index (χ1n) is 6.26. The normalized spacial score (nSPS) is 13.3. The third kappa shape index (κ3) is 4.24. The molecule has 19 heavy (non-hydrogen) atoms. The zero-order valence-electron chi connectivity index (χ0n) is 11.7. The van der Waals surface area contributed by atoms with Crippen LogP contribution in [0.25, 0.3) is 0 Å². The summed E-state index contributed by atoms with van der Waals surface area (Å²) in [7, 11) is 1.90. The van der Waals surface area contributed by atoms with Crippen molar-refractivity contribution in [3.63, 3.8) is 0 Å². The SMILES string of the molecule is CC.Cc1ncc(CN(C)C2=CC(=O)OC2)cc1Cl. The zero-order chi connectivity index (χ0) is 14.4. The van der Waals surface area contributed by atoms with Gasteiger partial charge in [-0.1, -0.05) is 25.4 Å². The zero-order valence-corrected chi connectivity index (χ0v) is 12.5. The summed E-state index contributed by atoms with van der Waals surface area (Å²) < 4.78 is 4.85. The minimum Gasteiger partial charge on any atom is -0.456 e. The quantitative estimate of drug-likeness (QED) is 0.800. The molecular weight excluding hydrogens is 264 g/mol. The smallest absolute Gasteiger partial charge is 0.333 e. The van der Waals surface area contributed by atoms with Gasteiger partial charge in [-0.2, -0.15) is 0 Å². The van der Waals surface area contributed by atoms with Crippen LogP contribution in [0, 0.1) is 6.92 Å². The van der Waals surface area contributed by atoms with Crippen molar-refractivity contribution in [2.75, 3.05) is 13.7 Å². The van der Waals surface area contributed by atoms with Crippen molar-refractivity contribution >= 4 is 17.6 Å². The van der Waals surface area contributed by atoms with E-state index in [-0.39, 0.29) is 5.97 Å². The molecule has 0 spiro atoms. The number of likely N-dealkylation sites (N-methyl/N-ethyl adjacent to an activating group) is 1. The molecule has 104 valence electrons. The van der Waals surface area contributed by atoms with E-state index in [1.54, 1.807) is 6.20 Å². The molecule has 0 atom stereocenters. The third-order valence-corrected chi connectivity index (χ3v) is 3.02. The molecule has 0 radical (unpaired) electrons. The Hall–Kier alpha value is -1.55. The molecule has 0 unspecified atom stereocenters. The topological polar surface area (TPSA) is 42.4 Å². The number of nitrogens with zero attached hydrogens (tertiary/aromatic N) is 2. The lowest BCUT2D eigenvalue weighted by atomic mass is 10.2. The first-order valence-corrected chi connectivity index (χ1v) is 6.63. The van der Waals surface area contributed by atoms with Crippen molar-refractivity contribution in [3.05, 3.63) is 40.3 Å². The summed E-state index contributed by atoms with van der Waals surface area (Å²) in [6, 6.07) is 1.89. The molecule has 0 aliphatic carbocycles. The van der Waals surface area contributed by atoms with Gasteiger partial charge in [0.2, 0.25) is 0 Å². The lowest BCUT2D eigenvalue weighted by Gasteiger charge is -2.19. The van der Waals surface area contributed by atoms with Crippen LogP contribution in [0.15, 0.2) is 24.0 Å². The molecule has 1 aromatic rings. The average Bonchev–Trinajstić information content (AvgIpc) is 2.83. The fraction of sp³-hybridized carbons (Fsp3) is 0.429. The molecule has 2 rings (SSSR count). The van der Waals surface area contributed by atoms with E-state index in [0.717, 1.165) is 17.0 Å². The molecule has 0 N–H and O–H groups in total. The molecule has 5 heteroatoms. The van der Waals surface area contributed by atoms with Crippen molar-refractivity contribution < 1.29 is 9.53 Å². The van der Waals surface area contributed by atoms with Crippen LogP contribution < -0.4 is 0 Å². The first kappa shape index (κ1) is 15.5. The number of cyclic esters (lactones) is 1. The van der Waals surface area contributed by atoms with Crippen LogP contribution in [0.1, 0.15) is 25.1 Å². The molecule has 1 aliphatic heterocycles. The summed E-state index contributed by atoms with van der Waals surface area (Å²) in [6.45, 7) is 6.85. The van der Waals surface area contributed by atoms with E-state index in [4.69, 9.17) is 16.3 Å². The highest BCUT2D eigenvalue weighted by atomic mass is 35.5. The van der Waals surface area contributed by atoms with Crippen LogP contribution in [-0.2, 0) is 16.1 Å². The van der Waals surface area contributed by atoms with Gasteiger partial charge in [0.25, 0.3) is 0 Å². The monoisotopic (exact) mass is 282 g/mol. The van der Waals surface area contributed by atoms with Gasteiger partial charge in [0.1, 0.15) is 6.61 Å². The van der Waals surface area contributed by atoms with Gasteiger partial charge >= 0.3 is 5.97 Å². The fourth-order valence-corrected chi connectivity index (χ4v) is 1.78. The highest BCUT2D eigenvalue weighted by Crippen LogP contribution is 2.17. The maximum atomic E-state index is 11.0. The van der Waals surface area contributed by atoms with Crippen molar-refractivity contribution in [1.82, 2.24) is 9.88 Å². The number of hydrogen-bond donors (Lipinski definition) is 0. The third-order valence-electron chi connectivity index (χ3n) is 2.64. The van der Waals surface area contributed by atoms with E-state index in [2.05, 4.69) is 4.98 Å². The minimum atomic E-state index is -0.285. The Morgan fingerprint density at radius 3 is 2.68 bits per heavy atom. The van der Waals surface area contributed by atoms with E-state index >= 15 is 0 Å². The second-order valence-electron chi connectivity index (χ2n) is 4.01. The highest BCUT2D eigenvalue weighted by molar-refractivity contribution is 6.31. The van der Waals surface area contributed by atoms with E-state index in [9.17, 15) is 4.79 Å². The number of carbonyl (C=O) groups excluding carboxylic acids is 1. The van der Waals surface area contributed by atoms with Gasteiger partial charge in [0, 0.05) is 25.9 Å². The molecular formula is C14H19ClN2O2. The molecule has 1 aliphatic rings. The number of hydrogen-bond acceptors (Lipinski definition) is 4. The standard InChI is InChI=1S/C12H13ClN2O2.C2H6/c1-8-11(13)3-9(5-14-8)6-15(2)10-4-12(16)17-7-10;1-2/h3-5H,6-7H2,1-2H3;1-2H3. The number of aromatic nitrogens is 1.